The minimum Gasteiger partial charge on any atom is -0.364 e. The molecule has 5 heteroatoms. The number of benzene rings is 1. The molecule has 0 radical (unpaired) electrons. The molecule has 1 aromatic carbocycles. The van der Waals surface area contributed by atoms with Gasteiger partial charge in [-0.3, -0.25) is 0 Å². The number of rotatable bonds is 4. The zero-order valence-corrected chi connectivity index (χ0v) is 14.6. The Labute approximate surface area is 138 Å². The van der Waals surface area contributed by atoms with E-state index in [2.05, 4.69) is 68.2 Å². The van der Waals surface area contributed by atoms with Crippen molar-refractivity contribution in [3.63, 3.8) is 0 Å². The number of imidazole rings is 1. The largest absolute Gasteiger partial charge is 0.364 e. The lowest BCUT2D eigenvalue weighted by Crippen LogP contribution is -2.06. The van der Waals surface area contributed by atoms with Gasteiger partial charge in [-0.2, -0.15) is 0 Å². The van der Waals surface area contributed by atoms with E-state index in [0.717, 1.165) is 40.2 Å². The maximum atomic E-state index is 4.54. The van der Waals surface area contributed by atoms with Crippen LogP contribution in [0.25, 0.3) is 11.0 Å². The first-order valence-corrected chi connectivity index (χ1v) is 8.22. The van der Waals surface area contributed by atoms with Crippen LogP contribution in [0.15, 0.2) is 28.9 Å². The molecule has 0 aliphatic heterocycles. The first-order chi connectivity index (χ1) is 10.6. The molecule has 3 rings (SSSR count). The average molecular weight is 359 g/mol. The SMILES string of the molecule is CCc1cccc(C)c1CNc1nc(Br)cc2[nH]c(C)nc12. The highest BCUT2D eigenvalue weighted by molar-refractivity contribution is 9.10. The van der Waals surface area contributed by atoms with E-state index in [4.69, 9.17) is 0 Å². The second-order valence-electron chi connectivity index (χ2n) is 5.43. The molecule has 0 aliphatic rings. The highest BCUT2D eigenvalue weighted by Crippen LogP contribution is 2.24. The van der Waals surface area contributed by atoms with Gasteiger partial charge in [-0.15, -0.1) is 0 Å². The fourth-order valence-corrected chi connectivity index (χ4v) is 3.15. The van der Waals surface area contributed by atoms with Crippen LogP contribution < -0.4 is 5.32 Å². The van der Waals surface area contributed by atoms with E-state index in [0.29, 0.717) is 0 Å². The minimum absolute atomic E-state index is 0.750. The molecule has 0 spiro atoms. The molecule has 4 nitrogen and oxygen atoms in total. The first-order valence-electron chi connectivity index (χ1n) is 7.42. The molecular formula is C17H19BrN4. The third-order valence-corrected chi connectivity index (χ3v) is 4.28. The van der Waals surface area contributed by atoms with Gasteiger partial charge in [0.05, 0.1) is 5.52 Å². The predicted octanol–water partition coefficient (Wildman–Crippen LogP) is 4.51. The Morgan fingerprint density at radius 3 is 2.82 bits per heavy atom. The molecule has 2 aromatic heterocycles. The Balaban J connectivity index is 1.95. The van der Waals surface area contributed by atoms with Crippen molar-refractivity contribution in [2.75, 3.05) is 5.32 Å². The normalized spacial score (nSPS) is 11.1. The number of nitrogens with one attached hydrogen (secondary N) is 2. The van der Waals surface area contributed by atoms with Gasteiger partial charge in [0.25, 0.3) is 0 Å². The van der Waals surface area contributed by atoms with Crippen molar-refractivity contribution in [1.82, 2.24) is 15.0 Å². The molecular weight excluding hydrogens is 340 g/mol. The molecule has 0 atom stereocenters. The second kappa shape index (κ2) is 6.08. The number of hydrogen-bond donors (Lipinski definition) is 2. The summed E-state index contributed by atoms with van der Waals surface area (Å²) in [6.45, 7) is 7.04. The number of aromatic nitrogens is 3. The summed E-state index contributed by atoms with van der Waals surface area (Å²) in [6, 6.07) is 8.40. The summed E-state index contributed by atoms with van der Waals surface area (Å²) in [7, 11) is 0. The Morgan fingerprint density at radius 1 is 1.23 bits per heavy atom. The maximum absolute atomic E-state index is 4.54. The number of nitrogens with zero attached hydrogens (tertiary/aromatic N) is 2. The highest BCUT2D eigenvalue weighted by Gasteiger charge is 2.10. The van der Waals surface area contributed by atoms with Crippen molar-refractivity contribution < 1.29 is 0 Å². The lowest BCUT2D eigenvalue weighted by Gasteiger charge is -2.13. The molecule has 2 heterocycles. The molecule has 22 heavy (non-hydrogen) atoms. The molecule has 0 aliphatic carbocycles. The number of fused-ring (bicyclic) bond motifs is 1. The third kappa shape index (κ3) is 2.86. The van der Waals surface area contributed by atoms with E-state index in [9.17, 15) is 0 Å². The predicted molar refractivity (Wildman–Crippen MR) is 94.2 cm³/mol. The zero-order valence-electron chi connectivity index (χ0n) is 13.0. The van der Waals surface area contributed by atoms with Crippen molar-refractivity contribution in [3.8, 4) is 0 Å². The fourth-order valence-electron chi connectivity index (χ4n) is 2.75. The summed E-state index contributed by atoms with van der Waals surface area (Å²) in [6.07, 6.45) is 1.03. The summed E-state index contributed by atoms with van der Waals surface area (Å²) in [5, 5.41) is 3.45. The standard InChI is InChI=1S/C17H19BrN4/c1-4-12-7-5-6-10(2)13(12)9-19-17-16-14(8-15(18)22-17)20-11(3)21-16/h5-8H,4,9H2,1-3H3,(H,19,22)(H,20,21). The quantitative estimate of drug-likeness (QED) is 0.674. The molecule has 2 N–H and O–H groups in total. The smallest absolute Gasteiger partial charge is 0.155 e. The number of hydrogen-bond acceptors (Lipinski definition) is 3. The van der Waals surface area contributed by atoms with Crippen molar-refractivity contribution >= 4 is 32.8 Å². The maximum Gasteiger partial charge on any atom is 0.155 e. The Morgan fingerprint density at radius 2 is 2.05 bits per heavy atom. The van der Waals surface area contributed by atoms with E-state index in [1.54, 1.807) is 0 Å². The summed E-state index contributed by atoms with van der Waals surface area (Å²) >= 11 is 3.46. The van der Waals surface area contributed by atoms with E-state index >= 15 is 0 Å². The second-order valence-corrected chi connectivity index (χ2v) is 6.24. The number of pyridine rings is 1. The van der Waals surface area contributed by atoms with Crippen molar-refractivity contribution in [2.24, 2.45) is 0 Å². The van der Waals surface area contributed by atoms with Gasteiger partial charge < -0.3 is 10.3 Å². The number of halogens is 1. The van der Waals surface area contributed by atoms with Crippen LogP contribution in [0.4, 0.5) is 5.82 Å². The van der Waals surface area contributed by atoms with E-state index in [1.807, 2.05) is 13.0 Å². The van der Waals surface area contributed by atoms with Gasteiger partial charge in [-0.25, -0.2) is 9.97 Å². The summed E-state index contributed by atoms with van der Waals surface area (Å²) in [5.41, 5.74) is 5.88. The fraction of sp³-hybridized carbons (Fsp3) is 0.294. The van der Waals surface area contributed by atoms with Gasteiger partial charge in [0, 0.05) is 6.54 Å². The van der Waals surface area contributed by atoms with Crippen LogP contribution in [0.5, 0.6) is 0 Å². The Hall–Kier alpha value is -1.88. The van der Waals surface area contributed by atoms with Crippen LogP contribution in [0.2, 0.25) is 0 Å². The van der Waals surface area contributed by atoms with E-state index < -0.39 is 0 Å². The molecule has 0 bridgehead atoms. The molecule has 114 valence electrons. The molecule has 3 aromatic rings. The zero-order chi connectivity index (χ0) is 15.7. The molecule has 0 fully saturated rings. The third-order valence-electron chi connectivity index (χ3n) is 3.88. The topological polar surface area (TPSA) is 53.6 Å². The highest BCUT2D eigenvalue weighted by atomic mass is 79.9. The van der Waals surface area contributed by atoms with Crippen LogP contribution in [0.1, 0.15) is 29.4 Å². The number of H-pyrrole nitrogens is 1. The minimum atomic E-state index is 0.750. The summed E-state index contributed by atoms with van der Waals surface area (Å²) < 4.78 is 0.798. The summed E-state index contributed by atoms with van der Waals surface area (Å²) in [5.74, 6) is 1.70. The monoisotopic (exact) mass is 358 g/mol. The Kier molecular flexibility index (Phi) is 4.16. The van der Waals surface area contributed by atoms with E-state index in [1.165, 1.54) is 16.7 Å². The van der Waals surface area contributed by atoms with E-state index in [-0.39, 0.29) is 0 Å². The van der Waals surface area contributed by atoms with Gasteiger partial charge >= 0.3 is 0 Å². The van der Waals surface area contributed by atoms with Gasteiger partial charge in [-0.1, -0.05) is 25.1 Å². The molecule has 0 saturated carbocycles. The van der Waals surface area contributed by atoms with Crippen LogP contribution in [0, 0.1) is 13.8 Å². The lowest BCUT2D eigenvalue weighted by molar-refractivity contribution is 1.02. The molecule has 0 saturated heterocycles. The molecule has 0 amide bonds. The van der Waals surface area contributed by atoms with Crippen LogP contribution in [-0.2, 0) is 13.0 Å². The van der Waals surface area contributed by atoms with Crippen LogP contribution in [0.3, 0.4) is 0 Å². The lowest BCUT2D eigenvalue weighted by atomic mass is 10.00. The number of aromatic amines is 1. The van der Waals surface area contributed by atoms with Crippen molar-refractivity contribution in [3.05, 3.63) is 51.4 Å². The van der Waals surface area contributed by atoms with Crippen molar-refractivity contribution in [2.45, 2.75) is 33.7 Å². The average Bonchev–Trinajstić information content (AvgIpc) is 2.85. The van der Waals surface area contributed by atoms with Gasteiger partial charge in [0.15, 0.2) is 5.82 Å². The molecule has 0 unspecified atom stereocenters. The first kappa shape index (κ1) is 15.0. The number of aryl methyl sites for hydroxylation is 3. The Bertz CT molecular complexity index is 823. The van der Waals surface area contributed by atoms with Gasteiger partial charge in [-0.05, 0) is 59.0 Å². The van der Waals surface area contributed by atoms with Crippen molar-refractivity contribution in [1.29, 1.82) is 0 Å². The number of anilines is 1. The van der Waals surface area contributed by atoms with Crippen LogP contribution >= 0.6 is 15.9 Å². The van der Waals surface area contributed by atoms with Gasteiger partial charge in [0.2, 0.25) is 0 Å². The van der Waals surface area contributed by atoms with Gasteiger partial charge in [0.1, 0.15) is 15.9 Å². The summed E-state index contributed by atoms with van der Waals surface area (Å²) in [4.78, 5) is 12.3. The van der Waals surface area contributed by atoms with Crippen LogP contribution in [-0.4, -0.2) is 15.0 Å².